The van der Waals surface area contributed by atoms with Gasteiger partial charge in [-0.25, -0.2) is 0 Å². The molecule has 18 heavy (non-hydrogen) atoms. The van der Waals surface area contributed by atoms with E-state index in [4.69, 9.17) is 5.21 Å². The van der Waals surface area contributed by atoms with Crippen molar-refractivity contribution in [1.29, 1.82) is 0 Å². The summed E-state index contributed by atoms with van der Waals surface area (Å²) in [4.78, 5) is 12.4. The summed E-state index contributed by atoms with van der Waals surface area (Å²) in [6, 6.07) is 0. The lowest BCUT2D eigenvalue weighted by Crippen LogP contribution is -3.09. The molecule has 0 aromatic carbocycles. The van der Waals surface area contributed by atoms with Gasteiger partial charge in [0, 0.05) is 13.0 Å². The van der Waals surface area contributed by atoms with Crippen LogP contribution in [0.15, 0.2) is 5.16 Å². The summed E-state index contributed by atoms with van der Waals surface area (Å²) in [5.74, 6) is -0.345. The molecule has 5 nitrogen and oxygen atoms in total. The molecule has 106 valence electrons. The maximum Gasteiger partial charge on any atom is 0.265 e. The summed E-state index contributed by atoms with van der Waals surface area (Å²) in [5.41, 5.74) is 0.415. The molecule has 0 aliphatic rings. The minimum atomic E-state index is -0.345. The van der Waals surface area contributed by atoms with Gasteiger partial charge in [0.1, 0.15) is 6.21 Å². The first-order valence-corrected chi connectivity index (χ1v) is 6.62. The van der Waals surface area contributed by atoms with Crippen LogP contribution in [0, 0.1) is 5.41 Å². The van der Waals surface area contributed by atoms with Crippen molar-refractivity contribution in [1.82, 2.24) is 5.32 Å². The second-order valence-corrected chi connectivity index (χ2v) is 6.01. The number of oxime groups is 1. The molecule has 0 radical (unpaired) electrons. The predicted molar refractivity (Wildman–Crippen MR) is 73.2 cm³/mol. The van der Waals surface area contributed by atoms with Crippen LogP contribution < -0.4 is 10.2 Å². The summed E-state index contributed by atoms with van der Waals surface area (Å²) >= 11 is 0. The van der Waals surface area contributed by atoms with E-state index in [9.17, 15) is 4.79 Å². The van der Waals surface area contributed by atoms with Crippen LogP contribution in [0.25, 0.3) is 0 Å². The SMILES string of the molecule is C[NH+](CCCNC(=O)C=NO)CCCC(C)(C)C. The highest BCUT2D eigenvalue weighted by Gasteiger charge is 2.11. The standard InChI is InChI=1S/C13H27N3O2/c1-13(2,3)7-5-9-16(4)10-6-8-14-12(17)11-15-18/h11,18H,5-10H2,1-4H3,(H,14,17)/p+1. The second-order valence-electron chi connectivity index (χ2n) is 6.01. The third kappa shape index (κ3) is 11.4. The Balaban J connectivity index is 3.48. The van der Waals surface area contributed by atoms with Gasteiger partial charge in [-0.15, -0.1) is 0 Å². The summed E-state index contributed by atoms with van der Waals surface area (Å²) in [6.45, 7) is 9.63. The normalized spacial score (nSPS) is 13.8. The Hall–Kier alpha value is -1.10. The van der Waals surface area contributed by atoms with Gasteiger partial charge in [-0.3, -0.25) is 4.79 Å². The number of quaternary nitrogens is 1. The molecule has 5 heteroatoms. The summed E-state index contributed by atoms with van der Waals surface area (Å²) in [5, 5.41) is 13.5. The van der Waals surface area contributed by atoms with Gasteiger partial charge in [0.15, 0.2) is 0 Å². The maximum absolute atomic E-state index is 10.9. The van der Waals surface area contributed by atoms with E-state index in [0.29, 0.717) is 12.0 Å². The van der Waals surface area contributed by atoms with Gasteiger partial charge >= 0.3 is 0 Å². The summed E-state index contributed by atoms with van der Waals surface area (Å²) < 4.78 is 0. The first-order valence-electron chi connectivity index (χ1n) is 6.62. The predicted octanol–water partition coefficient (Wildman–Crippen LogP) is 0.294. The van der Waals surface area contributed by atoms with Gasteiger partial charge in [-0.1, -0.05) is 25.9 Å². The van der Waals surface area contributed by atoms with E-state index in [0.717, 1.165) is 19.2 Å². The van der Waals surface area contributed by atoms with Crippen molar-refractivity contribution in [3.05, 3.63) is 0 Å². The fourth-order valence-corrected chi connectivity index (χ4v) is 1.75. The van der Waals surface area contributed by atoms with Gasteiger partial charge in [0.05, 0.1) is 20.1 Å². The van der Waals surface area contributed by atoms with Crippen LogP contribution in [0.4, 0.5) is 0 Å². The van der Waals surface area contributed by atoms with Crippen molar-refractivity contribution < 1.29 is 14.9 Å². The Kier molecular flexibility index (Phi) is 8.37. The van der Waals surface area contributed by atoms with E-state index < -0.39 is 0 Å². The Morgan fingerprint density at radius 2 is 1.94 bits per heavy atom. The van der Waals surface area contributed by atoms with E-state index >= 15 is 0 Å². The molecule has 0 bridgehead atoms. The molecule has 0 aromatic heterocycles. The number of rotatable bonds is 8. The monoisotopic (exact) mass is 258 g/mol. The third-order valence-electron chi connectivity index (χ3n) is 2.78. The third-order valence-corrected chi connectivity index (χ3v) is 2.78. The van der Waals surface area contributed by atoms with Crippen molar-refractivity contribution in [3.63, 3.8) is 0 Å². The molecule has 0 saturated carbocycles. The van der Waals surface area contributed by atoms with Gasteiger partial charge in [-0.05, 0) is 18.3 Å². The highest BCUT2D eigenvalue weighted by atomic mass is 16.4. The number of hydrogen-bond donors (Lipinski definition) is 3. The van der Waals surface area contributed by atoms with Crippen LogP contribution in [-0.4, -0.2) is 44.0 Å². The minimum Gasteiger partial charge on any atom is -0.411 e. The molecule has 0 aliphatic heterocycles. The zero-order chi connectivity index (χ0) is 14.0. The molecule has 0 aromatic rings. The molecule has 0 spiro atoms. The average molecular weight is 258 g/mol. The van der Waals surface area contributed by atoms with Crippen LogP contribution >= 0.6 is 0 Å². The quantitative estimate of drug-likeness (QED) is 0.254. The first kappa shape index (κ1) is 16.9. The zero-order valence-electron chi connectivity index (χ0n) is 12.1. The molecule has 0 heterocycles. The zero-order valence-corrected chi connectivity index (χ0v) is 12.1. The molecule has 1 amide bonds. The molecule has 0 rings (SSSR count). The van der Waals surface area contributed by atoms with E-state index in [1.807, 2.05) is 0 Å². The van der Waals surface area contributed by atoms with Crippen LogP contribution in [0.2, 0.25) is 0 Å². The molecule has 1 atom stereocenters. The number of carbonyl (C=O) groups excluding carboxylic acids is 1. The van der Waals surface area contributed by atoms with Crippen molar-refractivity contribution in [3.8, 4) is 0 Å². The van der Waals surface area contributed by atoms with Gasteiger partial charge in [-0.2, -0.15) is 0 Å². The lowest BCUT2D eigenvalue weighted by atomic mass is 9.90. The van der Waals surface area contributed by atoms with Crippen molar-refractivity contribution in [2.24, 2.45) is 10.6 Å². The van der Waals surface area contributed by atoms with Crippen LogP contribution in [0.3, 0.4) is 0 Å². The van der Waals surface area contributed by atoms with Gasteiger partial charge in [0.25, 0.3) is 5.91 Å². The molecular formula is C13H28N3O2+. The number of nitrogens with zero attached hydrogens (tertiary/aromatic N) is 1. The summed E-state index contributed by atoms with van der Waals surface area (Å²) in [6.07, 6.45) is 4.29. The van der Waals surface area contributed by atoms with Crippen molar-refractivity contribution in [2.75, 3.05) is 26.7 Å². The van der Waals surface area contributed by atoms with E-state index in [1.54, 1.807) is 0 Å². The molecule has 1 unspecified atom stereocenters. The Labute approximate surface area is 110 Å². The molecule has 0 aliphatic carbocycles. The van der Waals surface area contributed by atoms with Gasteiger partial charge < -0.3 is 15.4 Å². The van der Waals surface area contributed by atoms with Crippen LogP contribution in [-0.2, 0) is 4.79 Å². The minimum absolute atomic E-state index is 0.345. The number of amides is 1. The lowest BCUT2D eigenvalue weighted by molar-refractivity contribution is -0.880. The van der Waals surface area contributed by atoms with Crippen LogP contribution in [0.5, 0.6) is 0 Å². The fraction of sp³-hybridized carbons (Fsp3) is 0.846. The average Bonchev–Trinajstić information content (AvgIpc) is 2.23. The number of carbonyl (C=O) groups is 1. The smallest absolute Gasteiger partial charge is 0.265 e. The van der Waals surface area contributed by atoms with Crippen LogP contribution in [0.1, 0.15) is 40.0 Å². The second kappa shape index (κ2) is 8.91. The van der Waals surface area contributed by atoms with Crippen molar-refractivity contribution >= 4 is 12.1 Å². The largest absolute Gasteiger partial charge is 0.411 e. The van der Waals surface area contributed by atoms with E-state index in [2.05, 4.69) is 38.3 Å². The Morgan fingerprint density at radius 1 is 1.33 bits per heavy atom. The van der Waals surface area contributed by atoms with Gasteiger partial charge in [0.2, 0.25) is 0 Å². The van der Waals surface area contributed by atoms with Crippen molar-refractivity contribution in [2.45, 2.75) is 40.0 Å². The molecular weight excluding hydrogens is 230 g/mol. The fourth-order valence-electron chi connectivity index (χ4n) is 1.75. The first-order chi connectivity index (χ1) is 8.35. The van der Waals surface area contributed by atoms with E-state index in [1.165, 1.54) is 24.3 Å². The van der Waals surface area contributed by atoms with E-state index in [-0.39, 0.29) is 5.91 Å². The molecule has 0 fully saturated rings. The Bertz CT molecular complexity index is 259. The Morgan fingerprint density at radius 3 is 2.50 bits per heavy atom. The highest BCUT2D eigenvalue weighted by molar-refractivity contribution is 6.25. The number of hydrogen-bond acceptors (Lipinski definition) is 3. The maximum atomic E-state index is 10.9. The highest BCUT2D eigenvalue weighted by Crippen LogP contribution is 2.19. The lowest BCUT2D eigenvalue weighted by Gasteiger charge is -2.19. The number of nitrogens with one attached hydrogen (secondary N) is 2. The molecule has 0 saturated heterocycles. The summed E-state index contributed by atoms with van der Waals surface area (Å²) in [7, 11) is 2.18. The molecule has 3 N–H and O–H groups in total. The topological polar surface area (TPSA) is 66.1 Å².